The number of nitrogens with zero attached hydrogens (tertiary/aromatic N) is 2. The molecule has 4 N–H and O–H groups in total. The van der Waals surface area contributed by atoms with Gasteiger partial charge in [-0.25, -0.2) is 9.79 Å². The van der Waals surface area contributed by atoms with Crippen LogP contribution in [0.3, 0.4) is 0 Å². The monoisotopic (exact) mass is 244 g/mol. The predicted octanol–water partition coefficient (Wildman–Crippen LogP) is 0.488. The van der Waals surface area contributed by atoms with Crippen molar-refractivity contribution in [3.63, 3.8) is 0 Å². The van der Waals surface area contributed by atoms with Crippen LogP contribution in [0.25, 0.3) is 0 Å². The number of carbonyl (C=O) groups is 1. The lowest BCUT2D eigenvalue weighted by atomic mass is 10.2. The van der Waals surface area contributed by atoms with E-state index in [9.17, 15) is 4.79 Å². The molecule has 0 saturated carbocycles. The standard InChI is InChI=1S/C9H13ClN4O2/c1-2-3-7(5-13-6-11)9(12)14-16-8(15)4-10/h2-3,5-6H,4H2,1H3,(H2,11,13)(H2,12,14)/b3-2-,7-5+. The molecule has 0 rings (SSSR count). The van der Waals surface area contributed by atoms with E-state index in [1.165, 1.54) is 6.20 Å². The fourth-order valence-electron chi connectivity index (χ4n) is 0.675. The topological polar surface area (TPSA) is 103 Å². The largest absolute Gasteiger partial charge is 0.390 e. The van der Waals surface area contributed by atoms with Gasteiger partial charge in [-0.3, -0.25) is 0 Å². The maximum atomic E-state index is 10.7. The van der Waals surface area contributed by atoms with Crippen molar-refractivity contribution in [1.29, 1.82) is 0 Å². The zero-order valence-electron chi connectivity index (χ0n) is 8.76. The van der Waals surface area contributed by atoms with E-state index in [2.05, 4.69) is 15.0 Å². The van der Waals surface area contributed by atoms with Gasteiger partial charge in [0.05, 0.1) is 6.34 Å². The van der Waals surface area contributed by atoms with Crippen LogP contribution in [-0.2, 0) is 9.63 Å². The summed E-state index contributed by atoms with van der Waals surface area (Å²) in [5.74, 6) is -0.977. The van der Waals surface area contributed by atoms with Gasteiger partial charge in [-0.1, -0.05) is 17.3 Å². The quantitative estimate of drug-likeness (QED) is 0.183. The summed E-state index contributed by atoms with van der Waals surface area (Å²) < 4.78 is 0. The highest BCUT2D eigenvalue weighted by molar-refractivity contribution is 6.26. The molecule has 0 aromatic carbocycles. The van der Waals surface area contributed by atoms with Crippen LogP contribution in [0.1, 0.15) is 6.92 Å². The minimum atomic E-state index is -0.688. The third-order valence-corrected chi connectivity index (χ3v) is 1.51. The van der Waals surface area contributed by atoms with Gasteiger partial charge in [0.25, 0.3) is 0 Å². The van der Waals surface area contributed by atoms with Crippen molar-refractivity contribution < 1.29 is 9.63 Å². The second-order valence-electron chi connectivity index (χ2n) is 2.46. The molecule has 0 aliphatic heterocycles. The van der Waals surface area contributed by atoms with Crippen molar-refractivity contribution in [1.82, 2.24) is 0 Å². The summed E-state index contributed by atoms with van der Waals surface area (Å²) in [6.45, 7) is 1.79. The maximum Gasteiger partial charge on any atom is 0.349 e. The van der Waals surface area contributed by atoms with E-state index in [-0.39, 0.29) is 11.7 Å². The molecule has 0 atom stereocenters. The van der Waals surface area contributed by atoms with Gasteiger partial charge in [0.15, 0.2) is 5.84 Å². The van der Waals surface area contributed by atoms with E-state index < -0.39 is 5.97 Å². The summed E-state index contributed by atoms with van der Waals surface area (Å²) in [4.78, 5) is 18.8. The SMILES string of the molecule is C\C=C/C(=C\N=C/N)C(/N)=N/OC(=O)CCl. The van der Waals surface area contributed by atoms with Crippen LogP contribution in [0, 0.1) is 0 Å². The lowest BCUT2D eigenvalue weighted by molar-refractivity contribution is -0.140. The number of amidine groups is 1. The Bertz CT molecular complexity index is 347. The van der Waals surface area contributed by atoms with E-state index in [1.54, 1.807) is 19.1 Å². The molecular weight excluding hydrogens is 232 g/mol. The molecule has 0 spiro atoms. The lowest BCUT2D eigenvalue weighted by Gasteiger charge is -1.99. The molecule has 0 heterocycles. The Labute approximate surface area is 98.3 Å². The minimum Gasteiger partial charge on any atom is -0.390 e. The van der Waals surface area contributed by atoms with Gasteiger partial charge in [-0.2, -0.15) is 0 Å². The summed E-state index contributed by atoms with van der Waals surface area (Å²) in [5.41, 5.74) is 11.1. The number of carbonyl (C=O) groups excluding carboxylic acids is 1. The van der Waals surface area contributed by atoms with Crippen molar-refractivity contribution >= 4 is 29.7 Å². The van der Waals surface area contributed by atoms with E-state index in [4.69, 9.17) is 23.1 Å². The Hall–Kier alpha value is -1.82. The maximum absolute atomic E-state index is 10.7. The van der Waals surface area contributed by atoms with E-state index in [0.29, 0.717) is 5.57 Å². The second kappa shape index (κ2) is 8.49. The molecule has 0 radical (unpaired) electrons. The number of hydrogen-bond acceptors (Lipinski definition) is 4. The first-order chi connectivity index (χ1) is 7.65. The average molecular weight is 245 g/mol. The second-order valence-corrected chi connectivity index (χ2v) is 2.72. The van der Waals surface area contributed by atoms with Crippen LogP contribution in [0.4, 0.5) is 0 Å². The smallest absolute Gasteiger partial charge is 0.349 e. The third kappa shape index (κ3) is 5.82. The van der Waals surface area contributed by atoms with E-state index >= 15 is 0 Å². The fourth-order valence-corrected chi connectivity index (χ4v) is 0.723. The number of oxime groups is 1. The summed E-state index contributed by atoms with van der Waals surface area (Å²) >= 11 is 5.21. The first-order valence-corrected chi connectivity index (χ1v) is 4.85. The van der Waals surface area contributed by atoms with Gasteiger partial charge in [0.2, 0.25) is 0 Å². The van der Waals surface area contributed by atoms with Gasteiger partial charge in [0, 0.05) is 11.8 Å². The van der Waals surface area contributed by atoms with E-state index in [1.807, 2.05) is 0 Å². The molecule has 6 nitrogen and oxygen atoms in total. The van der Waals surface area contributed by atoms with Gasteiger partial charge in [-0.15, -0.1) is 11.6 Å². The van der Waals surface area contributed by atoms with Crippen molar-refractivity contribution in [3.8, 4) is 0 Å². The van der Waals surface area contributed by atoms with Crippen LogP contribution in [0.2, 0.25) is 0 Å². The Balaban J connectivity index is 4.73. The number of alkyl halides is 1. The van der Waals surface area contributed by atoms with Gasteiger partial charge < -0.3 is 16.3 Å². The fraction of sp³-hybridized carbons (Fsp3) is 0.222. The number of allylic oxidation sites excluding steroid dienone is 1. The average Bonchev–Trinajstić information content (AvgIpc) is 2.30. The third-order valence-electron chi connectivity index (χ3n) is 1.30. The molecule has 0 fully saturated rings. The Morgan fingerprint density at radius 3 is 2.75 bits per heavy atom. The highest BCUT2D eigenvalue weighted by atomic mass is 35.5. The Morgan fingerprint density at radius 2 is 2.25 bits per heavy atom. The molecule has 0 aromatic rings. The number of nitrogens with two attached hydrogens (primary N) is 2. The number of hydrogen-bond donors (Lipinski definition) is 2. The first kappa shape index (κ1) is 14.2. The minimum absolute atomic E-state index is 0.00201. The molecule has 7 heteroatoms. The van der Waals surface area contributed by atoms with Gasteiger partial charge in [-0.05, 0) is 6.92 Å². The Kier molecular flexibility index (Phi) is 7.52. The summed E-state index contributed by atoms with van der Waals surface area (Å²) in [6.07, 6.45) is 5.85. The molecule has 0 amide bonds. The molecule has 88 valence electrons. The van der Waals surface area contributed by atoms with Crippen molar-refractivity contribution in [3.05, 3.63) is 23.9 Å². The molecular formula is C9H13ClN4O2. The number of aliphatic imine (C=N–C) groups is 1. The zero-order chi connectivity index (χ0) is 12.4. The van der Waals surface area contributed by atoms with Crippen molar-refractivity contribution in [2.24, 2.45) is 21.6 Å². The molecule has 0 saturated heterocycles. The van der Waals surface area contributed by atoms with Crippen LogP contribution in [0.5, 0.6) is 0 Å². The van der Waals surface area contributed by atoms with Crippen molar-refractivity contribution in [2.45, 2.75) is 6.92 Å². The van der Waals surface area contributed by atoms with E-state index in [0.717, 1.165) is 6.34 Å². The van der Waals surface area contributed by atoms with Crippen molar-refractivity contribution in [2.75, 3.05) is 5.88 Å². The molecule has 0 aromatic heterocycles. The molecule has 0 aliphatic rings. The van der Waals surface area contributed by atoms with Crippen LogP contribution in [-0.4, -0.2) is 24.0 Å². The lowest BCUT2D eigenvalue weighted by Crippen LogP contribution is -2.16. The van der Waals surface area contributed by atoms with Crippen LogP contribution < -0.4 is 11.5 Å². The number of rotatable bonds is 5. The highest BCUT2D eigenvalue weighted by Gasteiger charge is 2.02. The predicted molar refractivity (Wildman–Crippen MR) is 64.0 cm³/mol. The summed E-state index contributed by atoms with van der Waals surface area (Å²) in [6, 6.07) is 0. The summed E-state index contributed by atoms with van der Waals surface area (Å²) in [7, 11) is 0. The molecule has 0 aliphatic carbocycles. The Morgan fingerprint density at radius 1 is 1.56 bits per heavy atom. The van der Waals surface area contributed by atoms with Gasteiger partial charge >= 0.3 is 5.97 Å². The molecule has 16 heavy (non-hydrogen) atoms. The normalized spacial score (nSPS) is 13.6. The first-order valence-electron chi connectivity index (χ1n) is 4.31. The molecule has 0 bridgehead atoms. The number of halogens is 1. The summed E-state index contributed by atoms with van der Waals surface area (Å²) in [5, 5.41) is 3.39. The highest BCUT2D eigenvalue weighted by Crippen LogP contribution is 1.99. The van der Waals surface area contributed by atoms with Crippen LogP contribution in [0.15, 0.2) is 34.1 Å². The van der Waals surface area contributed by atoms with Gasteiger partial charge in [0.1, 0.15) is 5.88 Å². The van der Waals surface area contributed by atoms with Crippen LogP contribution >= 0.6 is 11.6 Å². The zero-order valence-corrected chi connectivity index (χ0v) is 9.52. The molecule has 0 unspecified atom stereocenters.